The summed E-state index contributed by atoms with van der Waals surface area (Å²) in [6, 6.07) is 0.893. The van der Waals surface area contributed by atoms with Gasteiger partial charge in [0.05, 0.1) is 6.61 Å². The highest BCUT2D eigenvalue weighted by atomic mass is 16.5. The van der Waals surface area contributed by atoms with E-state index in [4.69, 9.17) is 10.5 Å². The van der Waals surface area contributed by atoms with E-state index < -0.39 is 0 Å². The molecule has 78 valence electrons. The SMILES string of the molecule is CCOCC(C)N1CCCC(N)C1. The van der Waals surface area contributed by atoms with Crippen LogP contribution < -0.4 is 5.73 Å². The van der Waals surface area contributed by atoms with E-state index in [1.54, 1.807) is 0 Å². The zero-order valence-corrected chi connectivity index (χ0v) is 8.83. The van der Waals surface area contributed by atoms with Gasteiger partial charge in [-0.25, -0.2) is 0 Å². The van der Waals surface area contributed by atoms with Gasteiger partial charge < -0.3 is 10.5 Å². The summed E-state index contributed by atoms with van der Waals surface area (Å²) in [6.45, 7) is 8.12. The van der Waals surface area contributed by atoms with E-state index in [0.717, 1.165) is 19.8 Å². The standard InChI is InChI=1S/C10H22N2O/c1-3-13-8-9(2)12-6-4-5-10(11)7-12/h9-10H,3-8,11H2,1-2H3. The van der Waals surface area contributed by atoms with Crippen molar-refractivity contribution in [1.29, 1.82) is 0 Å². The molecule has 2 N–H and O–H groups in total. The Balaban J connectivity index is 2.24. The molecule has 2 atom stereocenters. The second-order valence-corrected chi connectivity index (χ2v) is 3.91. The maximum absolute atomic E-state index is 5.91. The molecule has 0 aromatic carbocycles. The van der Waals surface area contributed by atoms with E-state index in [0.29, 0.717) is 12.1 Å². The third-order valence-electron chi connectivity index (χ3n) is 2.68. The average Bonchev–Trinajstić information content (AvgIpc) is 2.14. The average molecular weight is 186 g/mol. The van der Waals surface area contributed by atoms with Gasteiger partial charge in [-0.1, -0.05) is 0 Å². The fraction of sp³-hybridized carbons (Fsp3) is 1.00. The molecule has 1 fully saturated rings. The van der Waals surface area contributed by atoms with Crippen molar-refractivity contribution in [2.24, 2.45) is 5.73 Å². The predicted octanol–water partition coefficient (Wildman–Crippen LogP) is 0.835. The van der Waals surface area contributed by atoms with E-state index in [1.807, 2.05) is 6.92 Å². The number of nitrogens with zero attached hydrogens (tertiary/aromatic N) is 1. The van der Waals surface area contributed by atoms with Crippen LogP contribution in [0.3, 0.4) is 0 Å². The van der Waals surface area contributed by atoms with Gasteiger partial charge in [-0.3, -0.25) is 4.90 Å². The summed E-state index contributed by atoms with van der Waals surface area (Å²) in [6.07, 6.45) is 2.41. The molecule has 0 bridgehead atoms. The lowest BCUT2D eigenvalue weighted by Crippen LogP contribution is -2.48. The Morgan fingerprint density at radius 3 is 3.00 bits per heavy atom. The number of hydrogen-bond donors (Lipinski definition) is 1. The second-order valence-electron chi connectivity index (χ2n) is 3.91. The van der Waals surface area contributed by atoms with Crippen molar-refractivity contribution in [3.63, 3.8) is 0 Å². The molecule has 0 aliphatic carbocycles. The molecule has 1 aliphatic rings. The molecule has 1 aliphatic heterocycles. The van der Waals surface area contributed by atoms with Gasteiger partial charge in [0.25, 0.3) is 0 Å². The molecule has 0 aromatic rings. The van der Waals surface area contributed by atoms with Crippen LogP contribution in [0.1, 0.15) is 26.7 Å². The summed E-state index contributed by atoms with van der Waals surface area (Å²) in [5.41, 5.74) is 5.91. The highest BCUT2D eigenvalue weighted by Crippen LogP contribution is 2.11. The summed E-state index contributed by atoms with van der Waals surface area (Å²) in [7, 11) is 0. The van der Waals surface area contributed by atoms with Crippen molar-refractivity contribution < 1.29 is 4.74 Å². The van der Waals surface area contributed by atoms with E-state index in [-0.39, 0.29) is 0 Å². The Labute approximate surface area is 81.2 Å². The van der Waals surface area contributed by atoms with Gasteiger partial charge in [-0.2, -0.15) is 0 Å². The molecule has 1 rings (SSSR count). The molecule has 0 aromatic heterocycles. The van der Waals surface area contributed by atoms with Crippen LogP contribution in [0, 0.1) is 0 Å². The lowest BCUT2D eigenvalue weighted by atomic mass is 10.1. The number of likely N-dealkylation sites (tertiary alicyclic amines) is 1. The molecule has 0 spiro atoms. The number of piperidine rings is 1. The van der Waals surface area contributed by atoms with Gasteiger partial charge >= 0.3 is 0 Å². The number of hydrogen-bond acceptors (Lipinski definition) is 3. The smallest absolute Gasteiger partial charge is 0.0619 e. The lowest BCUT2D eigenvalue weighted by Gasteiger charge is -2.35. The van der Waals surface area contributed by atoms with E-state index in [9.17, 15) is 0 Å². The van der Waals surface area contributed by atoms with Crippen molar-refractivity contribution in [3.8, 4) is 0 Å². The van der Waals surface area contributed by atoms with Gasteiger partial charge in [-0.05, 0) is 33.2 Å². The minimum atomic E-state index is 0.373. The largest absolute Gasteiger partial charge is 0.380 e. The van der Waals surface area contributed by atoms with Crippen LogP contribution in [0.2, 0.25) is 0 Å². The van der Waals surface area contributed by atoms with Crippen LogP contribution in [-0.2, 0) is 4.74 Å². The molecule has 1 heterocycles. The lowest BCUT2D eigenvalue weighted by molar-refractivity contribution is 0.0598. The Morgan fingerprint density at radius 2 is 2.38 bits per heavy atom. The normalized spacial score (nSPS) is 27.5. The third kappa shape index (κ3) is 3.63. The monoisotopic (exact) mass is 186 g/mol. The minimum absolute atomic E-state index is 0.373. The van der Waals surface area contributed by atoms with E-state index >= 15 is 0 Å². The van der Waals surface area contributed by atoms with Crippen molar-refractivity contribution in [3.05, 3.63) is 0 Å². The first kappa shape index (κ1) is 11.0. The van der Waals surface area contributed by atoms with E-state index in [1.165, 1.54) is 19.4 Å². The van der Waals surface area contributed by atoms with Crippen molar-refractivity contribution >= 4 is 0 Å². The van der Waals surface area contributed by atoms with Gasteiger partial charge in [0, 0.05) is 25.2 Å². The quantitative estimate of drug-likeness (QED) is 0.707. The van der Waals surface area contributed by atoms with Gasteiger partial charge in [0.2, 0.25) is 0 Å². The fourth-order valence-corrected chi connectivity index (χ4v) is 1.83. The Morgan fingerprint density at radius 1 is 1.62 bits per heavy atom. The molecule has 3 nitrogen and oxygen atoms in total. The molecule has 0 saturated carbocycles. The van der Waals surface area contributed by atoms with Crippen LogP contribution in [0.15, 0.2) is 0 Å². The summed E-state index contributed by atoms with van der Waals surface area (Å²) in [5.74, 6) is 0. The summed E-state index contributed by atoms with van der Waals surface area (Å²) >= 11 is 0. The van der Waals surface area contributed by atoms with Crippen LogP contribution in [0.5, 0.6) is 0 Å². The van der Waals surface area contributed by atoms with Crippen LogP contribution in [0.25, 0.3) is 0 Å². The summed E-state index contributed by atoms with van der Waals surface area (Å²) in [4.78, 5) is 2.43. The minimum Gasteiger partial charge on any atom is -0.380 e. The van der Waals surface area contributed by atoms with Crippen LogP contribution in [-0.4, -0.2) is 43.3 Å². The molecular weight excluding hydrogens is 164 g/mol. The highest BCUT2D eigenvalue weighted by molar-refractivity contribution is 4.78. The third-order valence-corrected chi connectivity index (χ3v) is 2.68. The topological polar surface area (TPSA) is 38.5 Å². The number of nitrogens with two attached hydrogens (primary N) is 1. The first-order chi connectivity index (χ1) is 6.24. The van der Waals surface area contributed by atoms with Crippen LogP contribution in [0.4, 0.5) is 0 Å². The van der Waals surface area contributed by atoms with Gasteiger partial charge in [-0.15, -0.1) is 0 Å². The molecule has 13 heavy (non-hydrogen) atoms. The zero-order chi connectivity index (χ0) is 9.68. The maximum Gasteiger partial charge on any atom is 0.0619 e. The molecule has 0 amide bonds. The zero-order valence-electron chi connectivity index (χ0n) is 8.83. The van der Waals surface area contributed by atoms with Gasteiger partial charge in [0.15, 0.2) is 0 Å². The van der Waals surface area contributed by atoms with Crippen molar-refractivity contribution in [2.45, 2.75) is 38.8 Å². The highest BCUT2D eigenvalue weighted by Gasteiger charge is 2.20. The van der Waals surface area contributed by atoms with Crippen LogP contribution >= 0.6 is 0 Å². The fourth-order valence-electron chi connectivity index (χ4n) is 1.83. The first-order valence-electron chi connectivity index (χ1n) is 5.31. The molecule has 3 heteroatoms. The number of rotatable bonds is 4. The Hall–Kier alpha value is -0.120. The number of ether oxygens (including phenoxy) is 1. The summed E-state index contributed by atoms with van der Waals surface area (Å²) in [5, 5.41) is 0. The molecular formula is C10H22N2O. The second kappa shape index (κ2) is 5.58. The summed E-state index contributed by atoms with van der Waals surface area (Å²) < 4.78 is 5.40. The molecule has 0 radical (unpaired) electrons. The predicted molar refractivity (Wildman–Crippen MR) is 54.7 cm³/mol. The first-order valence-corrected chi connectivity index (χ1v) is 5.31. The molecule has 2 unspecified atom stereocenters. The molecule has 1 saturated heterocycles. The van der Waals surface area contributed by atoms with Crippen molar-refractivity contribution in [1.82, 2.24) is 4.90 Å². The van der Waals surface area contributed by atoms with Crippen molar-refractivity contribution in [2.75, 3.05) is 26.3 Å². The van der Waals surface area contributed by atoms with Gasteiger partial charge in [0.1, 0.15) is 0 Å². The maximum atomic E-state index is 5.91. The Bertz CT molecular complexity index is 141. The van der Waals surface area contributed by atoms with E-state index in [2.05, 4.69) is 11.8 Å². The Kier molecular flexibility index (Phi) is 4.70.